The molecule has 224 valence electrons. The van der Waals surface area contributed by atoms with E-state index in [0.717, 1.165) is 58.9 Å². The Morgan fingerprint density at radius 1 is 0.590 bits per heavy atom. The van der Waals surface area contributed by atoms with Crippen molar-refractivity contribution in [3.8, 4) is 0 Å². The number of hydrogen-bond acceptors (Lipinski definition) is 12. The van der Waals surface area contributed by atoms with Crippen molar-refractivity contribution in [1.29, 1.82) is 0 Å². The molecule has 0 radical (unpaired) electrons. The molecule has 39 heavy (non-hydrogen) atoms. The minimum absolute atomic E-state index is 0.0292. The summed E-state index contributed by atoms with van der Waals surface area (Å²) in [7, 11) is 0. The van der Waals surface area contributed by atoms with Crippen LogP contribution in [-0.2, 0) is 28.6 Å². The van der Waals surface area contributed by atoms with Crippen molar-refractivity contribution < 1.29 is 28.6 Å². The first kappa shape index (κ1) is 31.7. The third-order valence-electron chi connectivity index (χ3n) is 7.84. The summed E-state index contributed by atoms with van der Waals surface area (Å²) in [5, 5.41) is 20.1. The van der Waals surface area contributed by atoms with Gasteiger partial charge < -0.3 is 46.1 Å². The minimum Gasteiger partial charge on any atom is -0.465 e. The lowest BCUT2D eigenvalue weighted by atomic mass is 9.88. The minimum atomic E-state index is -0.791. The van der Waals surface area contributed by atoms with Gasteiger partial charge in [-0.2, -0.15) is 0 Å². The van der Waals surface area contributed by atoms with Crippen LogP contribution in [0.5, 0.6) is 0 Å². The molecule has 12 nitrogen and oxygen atoms in total. The van der Waals surface area contributed by atoms with E-state index in [1.807, 2.05) is 6.92 Å². The summed E-state index contributed by atoms with van der Waals surface area (Å²) < 4.78 is 17.0. The molecule has 3 aliphatic rings. The molecule has 3 heterocycles. The van der Waals surface area contributed by atoms with Crippen LogP contribution in [-0.4, -0.2) is 115 Å². The first-order valence-corrected chi connectivity index (χ1v) is 14.8. The summed E-state index contributed by atoms with van der Waals surface area (Å²) in [6, 6.07) is 0.727. The number of carbonyl (C=O) groups excluding carboxylic acids is 3. The summed E-state index contributed by atoms with van der Waals surface area (Å²) in [4.78, 5) is 37.7. The van der Waals surface area contributed by atoms with Crippen LogP contribution in [0.1, 0.15) is 51.9 Å². The summed E-state index contributed by atoms with van der Waals surface area (Å²) in [6.45, 7) is 9.96. The van der Waals surface area contributed by atoms with Crippen molar-refractivity contribution >= 4 is 17.9 Å². The second-order valence-electron chi connectivity index (χ2n) is 11.0. The number of piperazine rings is 3. The number of nitrogens with one attached hydrogen (secondary N) is 6. The Kier molecular flexibility index (Phi) is 14.4. The first-order valence-electron chi connectivity index (χ1n) is 14.8. The SMILES string of the molecule is CCC(COC(=O)CCC1CNCCN1)(COC(=O)CCC1CNCCN1)COC(=O)CCC1CNCCN1. The van der Waals surface area contributed by atoms with Crippen LogP contribution in [0.2, 0.25) is 0 Å². The molecule has 3 atom stereocenters. The highest BCUT2D eigenvalue weighted by molar-refractivity contribution is 5.70. The second kappa shape index (κ2) is 17.8. The summed E-state index contributed by atoms with van der Waals surface area (Å²) in [5.41, 5.74) is -0.791. The predicted octanol–water partition coefficient (Wildman–Crippen LogP) is -0.963. The molecule has 6 N–H and O–H groups in total. The fourth-order valence-electron chi connectivity index (χ4n) is 4.98. The van der Waals surface area contributed by atoms with Crippen LogP contribution in [0.4, 0.5) is 0 Å². The van der Waals surface area contributed by atoms with Crippen LogP contribution in [0.3, 0.4) is 0 Å². The highest BCUT2D eigenvalue weighted by atomic mass is 16.6. The standard InChI is InChI=1S/C27H50N6O6/c1-2-27(18-37-24(34)6-3-21-15-28-9-12-31-21,19-38-25(35)7-4-22-16-29-10-13-32-22)20-39-26(36)8-5-23-17-30-11-14-33-23/h21-23,28-33H,2-20H2,1H3. The van der Waals surface area contributed by atoms with E-state index in [2.05, 4.69) is 31.9 Å². The van der Waals surface area contributed by atoms with Gasteiger partial charge in [0.15, 0.2) is 0 Å². The average molecular weight is 555 g/mol. The molecule has 3 unspecified atom stereocenters. The molecule has 12 heteroatoms. The Labute approximate surface area is 232 Å². The summed E-state index contributed by atoms with van der Waals surface area (Å²) >= 11 is 0. The van der Waals surface area contributed by atoms with Gasteiger partial charge in [0.2, 0.25) is 0 Å². The van der Waals surface area contributed by atoms with Gasteiger partial charge in [-0.15, -0.1) is 0 Å². The van der Waals surface area contributed by atoms with Crippen molar-refractivity contribution in [1.82, 2.24) is 31.9 Å². The lowest BCUT2D eigenvalue weighted by molar-refractivity contribution is -0.162. The zero-order valence-electron chi connectivity index (χ0n) is 23.6. The molecule has 3 fully saturated rings. The quantitative estimate of drug-likeness (QED) is 0.103. The fraction of sp³-hybridized carbons (Fsp3) is 0.889. The molecule has 3 saturated heterocycles. The predicted molar refractivity (Wildman–Crippen MR) is 147 cm³/mol. The molecule has 0 amide bonds. The molecule has 3 rings (SSSR count). The van der Waals surface area contributed by atoms with Gasteiger partial charge >= 0.3 is 17.9 Å². The number of ether oxygens (including phenoxy) is 3. The Bertz CT molecular complexity index is 645. The van der Waals surface area contributed by atoms with Gasteiger partial charge in [0.25, 0.3) is 0 Å². The van der Waals surface area contributed by atoms with Crippen molar-refractivity contribution in [2.75, 3.05) is 78.7 Å². The van der Waals surface area contributed by atoms with Gasteiger partial charge in [-0.25, -0.2) is 0 Å². The number of carbonyl (C=O) groups is 3. The molecule has 0 spiro atoms. The first-order chi connectivity index (χ1) is 19.0. The molecule has 0 aromatic heterocycles. The van der Waals surface area contributed by atoms with Crippen molar-refractivity contribution in [3.63, 3.8) is 0 Å². The summed E-state index contributed by atoms with van der Waals surface area (Å²) in [6.07, 6.45) is 3.46. The van der Waals surface area contributed by atoms with E-state index in [9.17, 15) is 14.4 Å². The third kappa shape index (κ3) is 12.5. The molecular weight excluding hydrogens is 504 g/mol. The van der Waals surface area contributed by atoms with Gasteiger partial charge in [-0.3, -0.25) is 14.4 Å². The maximum atomic E-state index is 12.6. The third-order valence-corrected chi connectivity index (χ3v) is 7.84. The van der Waals surface area contributed by atoms with E-state index in [-0.39, 0.29) is 55.9 Å². The van der Waals surface area contributed by atoms with Crippen LogP contribution in [0.25, 0.3) is 0 Å². The lowest BCUT2D eigenvalue weighted by Gasteiger charge is -2.31. The zero-order valence-corrected chi connectivity index (χ0v) is 23.6. The van der Waals surface area contributed by atoms with Gasteiger partial charge in [0.05, 0.1) is 5.41 Å². The maximum absolute atomic E-state index is 12.6. The molecule has 3 aliphatic heterocycles. The van der Waals surface area contributed by atoms with E-state index in [4.69, 9.17) is 14.2 Å². The van der Waals surface area contributed by atoms with Gasteiger partial charge in [0, 0.05) is 96.3 Å². The Balaban J connectivity index is 1.47. The number of esters is 3. The largest absolute Gasteiger partial charge is 0.465 e. The maximum Gasteiger partial charge on any atom is 0.305 e. The molecule has 0 aromatic rings. The molecular formula is C27H50N6O6. The van der Waals surface area contributed by atoms with Gasteiger partial charge in [-0.1, -0.05) is 6.92 Å². The zero-order chi connectivity index (χ0) is 27.8. The highest BCUT2D eigenvalue weighted by Crippen LogP contribution is 2.25. The Morgan fingerprint density at radius 2 is 0.923 bits per heavy atom. The van der Waals surface area contributed by atoms with Crippen LogP contribution >= 0.6 is 0 Å². The second-order valence-corrected chi connectivity index (χ2v) is 11.0. The van der Waals surface area contributed by atoms with Crippen LogP contribution < -0.4 is 31.9 Å². The van der Waals surface area contributed by atoms with Gasteiger partial charge in [-0.05, 0) is 25.7 Å². The normalized spacial score (nSPS) is 25.3. The topological polar surface area (TPSA) is 151 Å². The summed E-state index contributed by atoms with van der Waals surface area (Å²) in [5.74, 6) is -0.904. The Morgan fingerprint density at radius 3 is 1.18 bits per heavy atom. The monoisotopic (exact) mass is 554 g/mol. The Hall–Kier alpha value is -1.83. The van der Waals surface area contributed by atoms with Crippen molar-refractivity contribution in [2.45, 2.75) is 70.0 Å². The smallest absolute Gasteiger partial charge is 0.305 e. The van der Waals surface area contributed by atoms with Crippen molar-refractivity contribution in [2.24, 2.45) is 5.41 Å². The van der Waals surface area contributed by atoms with Crippen molar-refractivity contribution in [3.05, 3.63) is 0 Å². The van der Waals surface area contributed by atoms with E-state index in [1.54, 1.807) is 0 Å². The highest BCUT2D eigenvalue weighted by Gasteiger charge is 2.34. The van der Waals surface area contributed by atoms with Gasteiger partial charge in [0.1, 0.15) is 19.8 Å². The van der Waals surface area contributed by atoms with E-state index in [0.29, 0.717) is 44.9 Å². The van der Waals surface area contributed by atoms with E-state index >= 15 is 0 Å². The molecule has 0 saturated carbocycles. The lowest BCUT2D eigenvalue weighted by Crippen LogP contribution is -2.48. The molecule has 0 aromatic carbocycles. The fourth-order valence-corrected chi connectivity index (χ4v) is 4.98. The van der Waals surface area contributed by atoms with E-state index < -0.39 is 5.41 Å². The van der Waals surface area contributed by atoms with Crippen LogP contribution in [0.15, 0.2) is 0 Å². The molecule has 0 bridgehead atoms. The van der Waals surface area contributed by atoms with E-state index in [1.165, 1.54) is 0 Å². The number of rotatable bonds is 16. The molecule has 0 aliphatic carbocycles. The average Bonchev–Trinajstić information content (AvgIpc) is 2.99. The number of hydrogen-bond donors (Lipinski definition) is 6. The van der Waals surface area contributed by atoms with Crippen LogP contribution in [0, 0.1) is 5.41 Å².